The molecule has 0 aliphatic rings. The summed E-state index contributed by atoms with van der Waals surface area (Å²) in [4.78, 5) is 38.3. The summed E-state index contributed by atoms with van der Waals surface area (Å²) in [7, 11) is 0. The number of hydrogen-bond acceptors (Lipinski definition) is 6. The third-order valence-corrected chi connectivity index (χ3v) is 12.8. The van der Waals surface area contributed by atoms with Crippen molar-refractivity contribution in [2.75, 3.05) is 13.2 Å². The second-order valence-electron chi connectivity index (χ2n) is 20.2. The summed E-state index contributed by atoms with van der Waals surface area (Å²) in [5.41, 5.74) is 0. The molecule has 0 rings (SSSR count). The third-order valence-electron chi connectivity index (χ3n) is 12.8. The molecule has 77 heavy (non-hydrogen) atoms. The summed E-state index contributed by atoms with van der Waals surface area (Å²) in [6.07, 6.45) is 91.2. The molecule has 0 saturated carbocycles. The van der Waals surface area contributed by atoms with Gasteiger partial charge in [0, 0.05) is 19.3 Å². The molecule has 6 heteroatoms. The molecule has 0 aliphatic heterocycles. The highest BCUT2D eigenvalue weighted by atomic mass is 16.6. The maximum Gasteiger partial charge on any atom is 0.306 e. The fraction of sp³-hybridized carbons (Fsp3) is 0.620. The lowest BCUT2D eigenvalue weighted by atomic mass is 10.1. The van der Waals surface area contributed by atoms with Crippen LogP contribution in [0.1, 0.15) is 265 Å². The zero-order valence-electron chi connectivity index (χ0n) is 49.7. The largest absolute Gasteiger partial charge is 0.462 e. The van der Waals surface area contributed by atoms with Crippen molar-refractivity contribution in [1.29, 1.82) is 0 Å². The van der Waals surface area contributed by atoms with Crippen LogP contribution in [-0.2, 0) is 28.6 Å². The molecule has 0 aromatic rings. The fourth-order valence-corrected chi connectivity index (χ4v) is 8.24. The predicted octanol–water partition coefficient (Wildman–Crippen LogP) is 21.5. The van der Waals surface area contributed by atoms with E-state index in [0.29, 0.717) is 19.3 Å². The van der Waals surface area contributed by atoms with Gasteiger partial charge in [-0.05, 0) is 135 Å². The van der Waals surface area contributed by atoms with E-state index < -0.39 is 6.10 Å². The van der Waals surface area contributed by atoms with Crippen LogP contribution in [-0.4, -0.2) is 37.2 Å². The van der Waals surface area contributed by atoms with Gasteiger partial charge in [0.15, 0.2) is 6.10 Å². The second kappa shape index (κ2) is 63.8. The Balaban J connectivity index is 4.45. The number of carbonyl (C=O) groups excluding carboxylic acids is 3. The SMILES string of the molecule is CC/C=C\C/C=C\C/C=C\C/C=C\C/C=C\C/C=C\CCCCCCCCC(=O)OCC(COC(=O)CCCCCCCCC/C=C\C/C=C\C/C=C\CC)OC(=O)CCCCCCCCC/C=C\C/C=C\C/C=C\CC. The van der Waals surface area contributed by atoms with Crippen LogP contribution in [0.2, 0.25) is 0 Å². The van der Waals surface area contributed by atoms with Gasteiger partial charge in [0.2, 0.25) is 0 Å². The molecule has 0 bridgehead atoms. The summed E-state index contributed by atoms with van der Waals surface area (Å²) in [6, 6.07) is 0. The van der Waals surface area contributed by atoms with Gasteiger partial charge in [-0.3, -0.25) is 14.4 Å². The summed E-state index contributed by atoms with van der Waals surface area (Å²) in [6.45, 7) is 6.28. The molecule has 0 heterocycles. The molecule has 0 aromatic carbocycles. The Kier molecular flexibility index (Phi) is 59.9. The summed E-state index contributed by atoms with van der Waals surface area (Å²) in [5, 5.41) is 0. The lowest BCUT2D eigenvalue weighted by molar-refractivity contribution is -0.167. The Morgan fingerprint density at radius 2 is 0.468 bits per heavy atom. The highest BCUT2D eigenvalue weighted by molar-refractivity contribution is 5.71. The van der Waals surface area contributed by atoms with Crippen molar-refractivity contribution < 1.29 is 28.6 Å². The summed E-state index contributed by atoms with van der Waals surface area (Å²) < 4.78 is 16.9. The monoisotopic (exact) mass is 1060 g/mol. The minimum Gasteiger partial charge on any atom is -0.462 e. The van der Waals surface area contributed by atoms with Crippen LogP contribution in [0, 0.1) is 0 Å². The number of allylic oxidation sites excluding steroid dienone is 24. The van der Waals surface area contributed by atoms with Crippen molar-refractivity contribution in [3.8, 4) is 0 Å². The third kappa shape index (κ3) is 62.0. The number of esters is 3. The minimum absolute atomic E-state index is 0.0972. The van der Waals surface area contributed by atoms with Gasteiger partial charge in [-0.1, -0.05) is 256 Å². The first-order valence-electron chi connectivity index (χ1n) is 31.3. The average Bonchev–Trinajstić information content (AvgIpc) is 3.43. The van der Waals surface area contributed by atoms with Gasteiger partial charge in [0.25, 0.3) is 0 Å². The van der Waals surface area contributed by atoms with Crippen LogP contribution in [0.3, 0.4) is 0 Å². The summed E-state index contributed by atoms with van der Waals surface area (Å²) >= 11 is 0. The van der Waals surface area contributed by atoms with E-state index in [4.69, 9.17) is 14.2 Å². The van der Waals surface area contributed by atoms with Gasteiger partial charge < -0.3 is 14.2 Å². The van der Waals surface area contributed by atoms with Crippen molar-refractivity contribution in [3.05, 3.63) is 146 Å². The molecule has 1 atom stereocenters. The fourth-order valence-electron chi connectivity index (χ4n) is 8.24. The molecule has 0 aromatic heterocycles. The lowest BCUT2D eigenvalue weighted by Gasteiger charge is -2.18. The van der Waals surface area contributed by atoms with Gasteiger partial charge in [0.05, 0.1) is 0 Å². The highest BCUT2D eigenvalue weighted by Crippen LogP contribution is 2.15. The Morgan fingerprint density at radius 1 is 0.260 bits per heavy atom. The normalized spacial score (nSPS) is 13.1. The maximum absolute atomic E-state index is 12.9. The van der Waals surface area contributed by atoms with Gasteiger partial charge in [0.1, 0.15) is 13.2 Å². The van der Waals surface area contributed by atoms with E-state index in [9.17, 15) is 14.4 Å². The van der Waals surface area contributed by atoms with Crippen LogP contribution < -0.4 is 0 Å². The van der Waals surface area contributed by atoms with Crippen molar-refractivity contribution >= 4 is 17.9 Å². The zero-order valence-corrected chi connectivity index (χ0v) is 49.7. The number of ether oxygens (including phenoxy) is 3. The maximum atomic E-state index is 12.9. The Hall–Kier alpha value is -4.71. The van der Waals surface area contributed by atoms with Gasteiger partial charge in [-0.2, -0.15) is 0 Å². The standard InChI is InChI=1S/C71H114O6/c1-4-7-10-13-16-19-22-25-28-31-32-33-34-35-36-37-38-41-43-46-49-52-55-58-61-64-70(73)76-67-68(77-71(74)65-62-59-56-53-50-47-44-40-30-27-24-21-18-15-12-9-6-3)66-75-69(72)63-60-57-54-51-48-45-42-39-29-26-23-20-17-14-11-8-5-2/h7-12,16-21,25-30,32-33,35-36,38,41,68H,4-6,13-15,22-24,31,34,37,39-40,42-67H2,1-3H3/b10-7-,11-8-,12-9-,19-16-,20-17-,21-18-,28-25-,29-26-,30-27-,33-32-,36-35-,41-38-. The van der Waals surface area contributed by atoms with E-state index >= 15 is 0 Å². The van der Waals surface area contributed by atoms with Crippen molar-refractivity contribution in [2.45, 2.75) is 271 Å². The smallest absolute Gasteiger partial charge is 0.306 e. The first-order chi connectivity index (χ1) is 38.0. The zero-order chi connectivity index (χ0) is 55.7. The van der Waals surface area contributed by atoms with Crippen LogP contribution in [0.25, 0.3) is 0 Å². The molecular weight excluding hydrogens is 949 g/mol. The van der Waals surface area contributed by atoms with Crippen molar-refractivity contribution in [3.63, 3.8) is 0 Å². The van der Waals surface area contributed by atoms with E-state index in [1.807, 2.05) is 0 Å². The average molecular weight is 1060 g/mol. The number of hydrogen-bond donors (Lipinski definition) is 0. The molecule has 0 radical (unpaired) electrons. The van der Waals surface area contributed by atoms with Crippen molar-refractivity contribution in [1.82, 2.24) is 0 Å². The van der Waals surface area contributed by atoms with E-state index in [-0.39, 0.29) is 31.1 Å². The van der Waals surface area contributed by atoms with Crippen LogP contribution in [0.15, 0.2) is 146 Å². The van der Waals surface area contributed by atoms with E-state index in [2.05, 4.69) is 167 Å². The van der Waals surface area contributed by atoms with Crippen molar-refractivity contribution in [2.24, 2.45) is 0 Å². The number of unbranched alkanes of at least 4 members (excludes halogenated alkanes) is 20. The molecule has 0 spiro atoms. The van der Waals surface area contributed by atoms with E-state index in [0.717, 1.165) is 161 Å². The Morgan fingerprint density at radius 3 is 0.727 bits per heavy atom. The van der Waals surface area contributed by atoms with Crippen LogP contribution in [0.5, 0.6) is 0 Å². The molecule has 0 saturated heterocycles. The lowest BCUT2D eigenvalue weighted by Crippen LogP contribution is -2.30. The topological polar surface area (TPSA) is 78.9 Å². The van der Waals surface area contributed by atoms with Gasteiger partial charge >= 0.3 is 17.9 Å². The first-order valence-corrected chi connectivity index (χ1v) is 31.3. The quantitative estimate of drug-likeness (QED) is 0.0261. The number of carbonyl (C=O) groups is 3. The Labute approximate surface area is 474 Å². The van der Waals surface area contributed by atoms with E-state index in [1.165, 1.54) is 64.2 Å². The molecule has 0 fully saturated rings. The van der Waals surface area contributed by atoms with Crippen LogP contribution >= 0.6 is 0 Å². The van der Waals surface area contributed by atoms with Gasteiger partial charge in [-0.15, -0.1) is 0 Å². The molecule has 434 valence electrons. The van der Waals surface area contributed by atoms with Gasteiger partial charge in [-0.25, -0.2) is 0 Å². The molecular formula is C71H114O6. The summed E-state index contributed by atoms with van der Waals surface area (Å²) in [5.74, 6) is -0.932. The molecule has 1 unspecified atom stereocenters. The highest BCUT2D eigenvalue weighted by Gasteiger charge is 2.19. The first kappa shape index (κ1) is 72.3. The molecule has 0 aliphatic carbocycles. The minimum atomic E-state index is -0.802. The number of rotatable bonds is 55. The molecule has 6 nitrogen and oxygen atoms in total. The second-order valence-corrected chi connectivity index (χ2v) is 20.2. The molecule has 0 N–H and O–H groups in total. The van der Waals surface area contributed by atoms with E-state index in [1.54, 1.807) is 0 Å². The Bertz CT molecular complexity index is 1700. The van der Waals surface area contributed by atoms with Crippen LogP contribution in [0.4, 0.5) is 0 Å². The molecule has 0 amide bonds. The predicted molar refractivity (Wildman–Crippen MR) is 334 cm³/mol.